The predicted molar refractivity (Wildman–Crippen MR) is 83.7 cm³/mol. The Hall–Kier alpha value is -2.00. The molecule has 2 aromatic rings. The molecule has 110 valence electrons. The maximum absolute atomic E-state index is 6.14. The fourth-order valence-corrected chi connectivity index (χ4v) is 2.67. The summed E-state index contributed by atoms with van der Waals surface area (Å²) < 4.78 is 11.9. The molecular formula is C18H21NO2. The lowest BCUT2D eigenvalue weighted by molar-refractivity contribution is 0.147. The van der Waals surface area contributed by atoms with Gasteiger partial charge in [-0.2, -0.15) is 0 Å². The number of nitrogens with two attached hydrogens (primary N) is 1. The highest BCUT2D eigenvalue weighted by Crippen LogP contribution is 2.30. The van der Waals surface area contributed by atoms with Crippen LogP contribution in [0, 0.1) is 0 Å². The summed E-state index contributed by atoms with van der Waals surface area (Å²) in [4.78, 5) is 0. The zero-order chi connectivity index (χ0) is 14.7. The van der Waals surface area contributed by atoms with Gasteiger partial charge in [-0.05, 0) is 24.1 Å². The lowest BCUT2D eigenvalue weighted by atomic mass is 10.0. The summed E-state index contributed by atoms with van der Waals surface area (Å²) in [5, 5.41) is 0. The standard InChI is InChI=1S/C18H21NO2/c1-2-16(19)15-8-4-6-10-18(15)20-12-14-11-13-7-3-5-9-17(13)21-14/h3-10,14,16H,2,11-12,19H2,1H3/t14?,16-/m1/s1. The van der Waals surface area contributed by atoms with E-state index in [1.54, 1.807) is 0 Å². The minimum atomic E-state index is 0.0166. The van der Waals surface area contributed by atoms with Gasteiger partial charge in [0.25, 0.3) is 0 Å². The van der Waals surface area contributed by atoms with Crippen LogP contribution in [0.1, 0.15) is 30.5 Å². The Morgan fingerprint density at radius 3 is 2.76 bits per heavy atom. The normalized spacial score (nSPS) is 17.9. The van der Waals surface area contributed by atoms with Crippen LogP contribution in [0.3, 0.4) is 0 Å². The Balaban J connectivity index is 1.65. The molecule has 0 saturated carbocycles. The molecule has 0 aromatic heterocycles. The summed E-state index contributed by atoms with van der Waals surface area (Å²) >= 11 is 0. The molecule has 0 saturated heterocycles. The van der Waals surface area contributed by atoms with Gasteiger partial charge in [-0.15, -0.1) is 0 Å². The first-order valence-electron chi connectivity index (χ1n) is 7.49. The van der Waals surface area contributed by atoms with Gasteiger partial charge in [-0.1, -0.05) is 43.3 Å². The van der Waals surface area contributed by atoms with Gasteiger partial charge in [0, 0.05) is 18.0 Å². The highest BCUT2D eigenvalue weighted by atomic mass is 16.5. The predicted octanol–water partition coefficient (Wildman–Crippen LogP) is 3.48. The van der Waals surface area contributed by atoms with Gasteiger partial charge in [0.15, 0.2) is 0 Å². The van der Waals surface area contributed by atoms with E-state index in [2.05, 4.69) is 13.0 Å². The third-order valence-corrected chi connectivity index (χ3v) is 3.90. The monoisotopic (exact) mass is 283 g/mol. The van der Waals surface area contributed by atoms with Crippen LogP contribution >= 0.6 is 0 Å². The third kappa shape index (κ3) is 3.03. The SMILES string of the molecule is CC[C@@H](N)c1ccccc1OCC1Cc2ccccc2O1. The fourth-order valence-electron chi connectivity index (χ4n) is 2.67. The van der Waals surface area contributed by atoms with E-state index in [-0.39, 0.29) is 12.1 Å². The largest absolute Gasteiger partial charge is 0.489 e. The molecule has 0 spiro atoms. The van der Waals surface area contributed by atoms with Crippen molar-refractivity contribution in [1.82, 2.24) is 0 Å². The van der Waals surface area contributed by atoms with Crippen molar-refractivity contribution in [2.75, 3.05) is 6.61 Å². The number of hydrogen-bond acceptors (Lipinski definition) is 3. The van der Waals surface area contributed by atoms with Crippen molar-refractivity contribution in [3.63, 3.8) is 0 Å². The molecule has 3 heteroatoms. The van der Waals surface area contributed by atoms with E-state index in [0.717, 1.165) is 29.9 Å². The van der Waals surface area contributed by atoms with Crippen molar-refractivity contribution in [3.8, 4) is 11.5 Å². The second-order valence-electron chi connectivity index (χ2n) is 5.42. The molecule has 0 amide bonds. The minimum Gasteiger partial charge on any atom is -0.489 e. The maximum atomic E-state index is 6.14. The number of benzene rings is 2. The number of fused-ring (bicyclic) bond motifs is 1. The number of hydrogen-bond donors (Lipinski definition) is 1. The van der Waals surface area contributed by atoms with Gasteiger partial charge in [0.2, 0.25) is 0 Å². The number of ether oxygens (including phenoxy) is 2. The van der Waals surface area contributed by atoms with Crippen LogP contribution < -0.4 is 15.2 Å². The topological polar surface area (TPSA) is 44.5 Å². The Labute approximate surface area is 125 Å². The summed E-state index contributed by atoms with van der Waals surface area (Å²) in [6.45, 7) is 2.63. The first kappa shape index (κ1) is 14.0. The van der Waals surface area contributed by atoms with Gasteiger partial charge >= 0.3 is 0 Å². The van der Waals surface area contributed by atoms with E-state index < -0.39 is 0 Å². The molecular weight excluding hydrogens is 262 g/mol. The number of para-hydroxylation sites is 2. The van der Waals surface area contributed by atoms with Gasteiger partial charge in [-0.3, -0.25) is 0 Å². The Bertz CT molecular complexity index is 587. The molecule has 2 atom stereocenters. The molecule has 2 N–H and O–H groups in total. The van der Waals surface area contributed by atoms with Crippen LogP contribution in [-0.4, -0.2) is 12.7 Å². The quantitative estimate of drug-likeness (QED) is 0.913. The third-order valence-electron chi connectivity index (χ3n) is 3.90. The lowest BCUT2D eigenvalue weighted by Gasteiger charge is -2.17. The van der Waals surface area contributed by atoms with E-state index >= 15 is 0 Å². The highest BCUT2D eigenvalue weighted by molar-refractivity contribution is 5.38. The summed E-state index contributed by atoms with van der Waals surface area (Å²) in [6, 6.07) is 16.2. The van der Waals surface area contributed by atoms with Crippen LogP contribution in [-0.2, 0) is 6.42 Å². The molecule has 0 bridgehead atoms. The van der Waals surface area contributed by atoms with Crippen molar-refractivity contribution < 1.29 is 9.47 Å². The average Bonchev–Trinajstić information content (AvgIpc) is 2.95. The van der Waals surface area contributed by atoms with E-state index in [4.69, 9.17) is 15.2 Å². The van der Waals surface area contributed by atoms with Crippen molar-refractivity contribution in [3.05, 3.63) is 59.7 Å². The minimum absolute atomic E-state index is 0.0166. The Kier molecular flexibility index (Phi) is 4.11. The van der Waals surface area contributed by atoms with Crippen LogP contribution in [0.25, 0.3) is 0 Å². The molecule has 2 aromatic carbocycles. The van der Waals surface area contributed by atoms with E-state index in [1.807, 2.05) is 42.5 Å². The average molecular weight is 283 g/mol. The molecule has 3 nitrogen and oxygen atoms in total. The fraction of sp³-hybridized carbons (Fsp3) is 0.333. The number of rotatable bonds is 5. The first-order valence-corrected chi connectivity index (χ1v) is 7.49. The molecule has 1 aliphatic heterocycles. The molecule has 0 radical (unpaired) electrons. The molecule has 0 aliphatic carbocycles. The van der Waals surface area contributed by atoms with E-state index in [0.29, 0.717) is 6.61 Å². The van der Waals surface area contributed by atoms with Crippen molar-refractivity contribution in [2.45, 2.75) is 31.9 Å². The van der Waals surface area contributed by atoms with Gasteiger partial charge < -0.3 is 15.2 Å². The summed E-state index contributed by atoms with van der Waals surface area (Å²) in [7, 11) is 0. The molecule has 1 unspecified atom stereocenters. The van der Waals surface area contributed by atoms with Crippen LogP contribution in [0.4, 0.5) is 0 Å². The van der Waals surface area contributed by atoms with E-state index in [1.165, 1.54) is 5.56 Å². The van der Waals surface area contributed by atoms with Crippen LogP contribution in [0.5, 0.6) is 11.5 Å². The highest BCUT2D eigenvalue weighted by Gasteiger charge is 2.23. The van der Waals surface area contributed by atoms with Crippen LogP contribution in [0.15, 0.2) is 48.5 Å². The molecule has 1 heterocycles. The summed E-state index contributed by atoms with van der Waals surface area (Å²) in [6.07, 6.45) is 1.87. The zero-order valence-electron chi connectivity index (χ0n) is 12.3. The first-order chi connectivity index (χ1) is 10.3. The van der Waals surface area contributed by atoms with Crippen molar-refractivity contribution in [1.29, 1.82) is 0 Å². The molecule has 21 heavy (non-hydrogen) atoms. The van der Waals surface area contributed by atoms with Gasteiger partial charge in [0.05, 0.1) is 0 Å². The Morgan fingerprint density at radius 1 is 1.19 bits per heavy atom. The lowest BCUT2D eigenvalue weighted by Crippen LogP contribution is -2.23. The van der Waals surface area contributed by atoms with Gasteiger partial charge in [-0.25, -0.2) is 0 Å². The maximum Gasteiger partial charge on any atom is 0.137 e. The summed E-state index contributed by atoms with van der Waals surface area (Å²) in [5.41, 5.74) is 8.46. The zero-order valence-corrected chi connectivity index (χ0v) is 12.3. The van der Waals surface area contributed by atoms with Gasteiger partial charge in [0.1, 0.15) is 24.2 Å². The summed E-state index contributed by atoms with van der Waals surface area (Å²) in [5.74, 6) is 1.84. The molecule has 1 aliphatic rings. The molecule has 3 rings (SSSR count). The van der Waals surface area contributed by atoms with Crippen molar-refractivity contribution >= 4 is 0 Å². The Morgan fingerprint density at radius 2 is 1.95 bits per heavy atom. The second kappa shape index (κ2) is 6.19. The second-order valence-corrected chi connectivity index (χ2v) is 5.42. The van der Waals surface area contributed by atoms with Crippen LogP contribution in [0.2, 0.25) is 0 Å². The molecule has 0 fully saturated rings. The van der Waals surface area contributed by atoms with Crippen molar-refractivity contribution in [2.24, 2.45) is 5.73 Å². The van der Waals surface area contributed by atoms with E-state index in [9.17, 15) is 0 Å². The smallest absolute Gasteiger partial charge is 0.137 e.